The molecule has 62 heavy (non-hydrogen) atoms. The van der Waals surface area contributed by atoms with Gasteiger partial charge in [0.05, 0.1) is 0 Å². The Kier molecular flexibility index (Phi) is 31.9. The van der Waals surface area contributed by atoms with Crippen LogP contribution in [0, 0.1) is 27.7 Å². The van der Waals surface area contributed by atoms with Crippen molar-refractivity contribution in [2.45, 2.75) is 73.0 Å². The van der Waals surface area contributed by atoms with Gasteiger partial charge in [-0.2, -0.15) is 0 Å². The van der Waals surface area contributed by atoms with Crippen molar-refractivity contribution < 1.29 is 67.8 Å². The van der Waals surface area contributed by atoms with Gasteiger partial charge in [0.15, 0.2) is 0 Å². The van der Waals surface area contributed by atoms with Gasteiger partial charge in [0, 0.05) is 19.6 Å². The summed E-state index contributed by atoms with van der Waals surface area (Å²) in [4.78, 5) is 0.963. The minimum atomic E-state index is -3.48. The predicted molar refractivity (Wildman–Crippen MR) is 241 cm³/mol. The van der Waals surface area contributed by atoms with E-state index in [4.69, 9.17) is 22.9 Å². The Morgan fingerprint density at radius 1 is 0.323 bits per heavy atom. The minimum Gasteiger partial charge on any atom is -0.545 e. The number of rotatable bonds is 20. The van der Waals surface area contributed by atoms with Gasteiger partial charge in [0.2, 0.25) is 0 Å². The maximum absolute atomic E-state index is 11.6. The van der Waals surface area contributed by atoms with Crippen LogP contribution in [0.5, 0.6) is 0 Å². The third kappa shape index (κ3) is 25.0. The maximum Gasteiger partial charge on any atom is 2.00 e. The standard InChI is InChI=1S/4C10H15N2O2S.2Cu/c4*1-9-3-5-10(6-4-9)15(13,14)12-8-2-7-11;;/h4*3-6H,2,7-8,11H2,1H3;;/q4*-1;2*+2. The molecular weight excluding hydrogens is 976 g/mol. The Bertz CT molecular complexity index is 1930. The topological polar surface area (TPSA) is 297 Å². The minimum absolute atomic E-state index is 0. The van der Waals surface area contributed by atoms with Crippen LogP contribution < -0.4 is 22.9 Å². The van der Waals surface area contributed by atoms with Crippen molar-refractivity contribution >= 4 is 40.1 Å². The molecule has 0 saturated carbocycles. The molecule has 0 aromatic heterocycles. The Balaban J connectivity index is 0. The largest absolute Gasteiger partial charge is 2.00 e. The van der Waals surface area contributed by atoms with Gasteiger partial charge in [-0.25, -0.2) is 33.7 Å². The fraction of sp³-hybridized carbons (Fsp3) is 0.400. The Morgan fingerprint density at radius 2 is 0.468 bits per heavy atom. The number of nitrogens with zero attached hydrogens (tertiary/aromatic N) is 4. The first-order chi connectivity index (χ1) is 28.2. The van der Waals surface area contributed by atoms with Gasteiger partial charge in [0.1, 0.15) is 40.1 Å². The first kappa shape index (κ1) is 61.5. The Hall–Kier alpha value is -2.60. The van der Waals surface area contributed by atoms with Crippen LogP contribution in [0.2, 0.25) is 0 Å². The van der Waals surface area contributed by atoms with E-state index in [-0.39, 0.29) is 79.9 Å². The number of benzene rings is 4. The van der Waals surface area contributed by atoms with Crippen LogP contribution in [-0.2, 0) is 74.2 Å². The summed E-state index contributed by atoms with van der Waals surface area (Å²) in [6.45, 7) is 10.5. The van der Waals surface area contributed by atoms with Gasteiger partial charge in [-0.3, -0.25) is 0 Å². The van der Waals surface area contributed by atoms with Crippen LogP contribution in [-0.4, -0.2) is 86.0 Å². The molecule has 0 atom stereocenters. The molecular formula is C40H60Cu2N8O8S4. The van der Waals surface area contributed by atoms with Crippen molar-refractivity contribution in [1.29, 1.82) is 0 Å². The molecule has 0 aliphatic carbocycles. The second kappa shape index (κ2) is 32.1. The summed E-state index contributed by atoms with van der Waals surface area (Å²) in [6, 6.07) is 26.6. The van der Waals surface area contributed by atoms with Crippen LogP contribution in [0.15, 0.2) is 117 Å². The first-order valence-electron chi connectivity index (χ1n) is 19.1. The molecule has 22 heteroatoms. The predicted octanol–water partition coefficient (Wildman–Crippen LogP) is 5.62. The number of hydrogen-bond acceptors (Lipinski definition) is 12. The molecule has 4 aromatic rings. The van der Waals surface area contributed by atoms with Crippen LogP contribution >= 0.6 is 0 Å². The van der Waals surface area contributed by atoms with Crippen LogP contribution in [0.1, 0.15) is 47.9 Å². The molecule has 0 amide bonds. The molecule has 0 bridgehead atoms. The Morgan fingerprint density at radius 3 is 0.597 bits per heavy atom. The van der Waals surface area contributed by atoms with E-state index in [0.717, 1.165) is 22.3 Å². The van der Waals surface area contributed by atoms with E-state index >= 15 is 0 Å². The summed E-state index contributed by atoms with van der Waals surface area (Å²) >= 11 is 0. The van der Waals surface area contributed by atoms with Crippen LogP contribution in [0.3, 0.4) is 0 Å². The zero-order valence-corrected chi connectivity index (χ0v) is 40.5. The Labute approximate surface area is 391 Å². The molecule has 0 aliphatic heterocycles. The molecule has 0 aliphatic rings. The summed E-state index contributed by atoms with van der Waals surface area (Å²) in [5, 5.41) is 0. The molecule has 16 nitrogen and oxygen atoms in total. The average Bonchev–Trinajstić information content (AvgIpc) is 3.20. The molecule has 8 N–H and O–H groups in total. The van der Waals surface area contributed by atoms with Gasteiger partial charge in [-0.1, -0.05) is 96.5 Å². The summed E-state index contributed by atoms with van der Waals surface area (Å²) < 4.78 is 107. The van der Waals surface area contributed by atoms with E-state index in [9.17, 15) is 33.7 Å². The molecule has 4 rings (SSSR count). The third-order valence-electron chi connectivity index (χ3n) is 7.77. The maximum atomic E-state index is 11.6. The monoisotopic (exact) mass is 1030 g/mol. The number of nitrogens with two attached hydrogens (primary N) is 4. The van der Waals surface area contributed by atoms with Crippen molar-refractivity contribution in [3.63, 3.8) is 0 Å². The van der Waals surface area contributed by atoms with Crippen molar-refractivity contribution in [2.75, 3.05) is 52.4 Å². The number of aryl methyl sites for hydroxylation is 4. The number of hydrogen-bond donors (Lipinski definition) is 4. The van der Waals surface area contributed by atoms with Crippen molar-refractivity contribution in [3.05, 3.63) is 138 Å². The molecule has 0 heterocycles. The fourth-order valence-electron chi connectivity index (χ4n) is 4.24. The van der Waals surface area contributed by atoms with E-state index < -0.39 is 40.1 Å². The zero-order chi connectivity index (χ0) is 45.2. The second-order valence-electron chi connectivity index (χ2n) is 13.1. The summed E-state index contributed by atoms with van der Waals surface area (Å²) in [7, 11) is -13.9. The van der Waals surface area contributed by atoms with Gasteiger partial charge in [-0.15, -0.1) is 26.2 Å². The van der Waals surface area contributed by atoms with Gasteiger partial charge >= 0.3 is 34.1 Å². The van der Waals surface area contributed by atoms with E-state index in [1.165, 1.54) is 0 Å². The summed E-state index contributed by atoms with van der Waals surface area (Å²) in [6.07, 6.45) is 2.35. The molecule has 0 fully saturated rings. The fourth-order valence-corrected chi connectivity index (χ4v) is 8.24. The molecule has 0 saturated heterocycles. The van der Waals surface area contributed by atoms with Crippen molar-refractivity contribution in [1.82, 2.24) is 0 Å². The third-order valence-corrected chi connectivity index (χ3v) is 13.3. The van der Waals surface area contributed by atoms with Crippen molar-refractivity contribution in [2.24, 2.45) is 22.9 Å². The molecule has 0 spiro atoms. The molecule has 2 radical (unpaired) electrons. The molecule has 0 unspecified atom stereocenters. The van der Waals surface area contributed by atoms with E-state index in [0.29, 0.717) is 51.9 Å². The van der Waals surface area contributed by atoms with E-state index in [1.54, 1.807) is 97.1 Å². The molecule has 354 valence electrons. The van der Waals surface area contributed by atoms with E-state index in [2.05, 4.69) is 18.9 Å². The average molecular weight is 1040 g/mol. The van der Waals surface area contributed by atoms with Gasteiger partial charge in [0.25, 0.3) is 0 Å². The molecule has 4 aromatic carbocycles. The zero-order valence-electron chi connectivity index (χ0n) is 35.3. The van der Waals surface area contributed by atoms with Gasteiger partial charge < -0.3 is 41.8 Å². The summed E-state index contributed by atoms with van der Waals surface area (Å²) in [5.74, 6) is 0. The van der Waals surface area contributed by atoms with E-state index in [1.807, 2.05) is 27.7 Å². The first-order valence-corrected chi connectivity index (χ1v) is 24.8. The second-order valence-corrected chi connectivity index (χ2v) is 19.9. The normalized spacial score (nSPS) is 11.2. The smallest absolute Gasteiger partial charge is 0.545 e. The van der Waals surface area contributed by atoms with Crippen molar-refractivity contribution in [3.8, 4) is 0 Å². The van der Waals surface area contributed by atoms with Gasteiger partial charge in [-0.05, 0) is 102 Å². The quantitative estimate of drug-likeness (QED) is 0.0620. The van der Waals surface area contributed by atoms with Crippen LogP contribution in [0.4, 0.5) is 0 Å². The number of sulfonamides is 4. The summed E-state index contributed by atoms with van der Waals surface area (Å²) in [5.41, 5.74) is 25.1. The SMILES string of the molecule is Cc1ccc(S(=O)(=O)[N-]CCCN)cc1.Cc1ccc(S(=O)(=O)[N-]CCCN)cc1.Cc1ccc(S(=O)(=O)[N-]CCCN)cc1.Cc1ccc(S(=O)(=O)[N-]CCCN)cc1.[Cu+2].[Cu+2]. The van der Waals surface area contributed by atoms with Crippen LogP contribution in [0.25, 0.3) is 18.9 Å².